The Bertz CT molecular complexity index is 480. The Morgan fingerprint density at radius 3 is 2.62 bits per heavy atom. The first kappa shape index (κ1) is 13.0. The number of carbonyl (C=O) groups is 1. The maximum absolute atomic E-state index is 10.8. The largest absolute Gasteiger partial charge is 0.426 e. The van der Waals surface area contributed by atoms with Gasteiger partial charge in [0.15, 0.2) is 0 Å². The number of para-hydroxylation sites is 1. The average Bonchev–Trinajstić information content (AvgIpc) is 2.14. The zero-order chi connectivity index (χ0) is 12.2. The summed E-state index contributed by atoms with van der Waals surface area (Å²) in [5, 5.41) is 0. The van der Waals surface area contributed by atoms with Crippen LogP contribution in [-0.4, -0.2) is 18.9 Å². The summed E-state index contributed by atoms with van der Waals surface area (Å²) in [5.41, 5.74) is 0.528. The molecule has 0 aliphatic carbocycles. The molecule has 0 radical (unpaired) electrons. The van der Waals surface area contributed by atoms with Crippen LogP contribution in [0.3, 0.4) is 0 Å². The van der Waals surface area contributed by atoms with Gasteiger partial charge in [-0.25, -0.2) is 0 Å². The molecule has 0 heterocycles. The van der Waals surface area contributed by atoms with Crippen LogP contribution in [0.25, 0.3) is 0 Å². The van der Waals surface area contributed by atoms with E-state index in [2.05, 4.69) is 0 Å². The highest BCUT2D eigenvalue weighted by Crippen LogP contribution is 2.25. The molecule has 0 fully saturated rings. The Morgan fingerprint density at radius 1 is 1.44 bits per heavy atom. The molecule has 0 unspecified atom stereocenters. The number of hydrogen-bond donors (Lipinski definition) is 1. The summed E-state index contributed by atoms with van der Waals surface area (Å²) in [4.78, 5) is 10.8. The van der Waals surface area contributed by atoms with Gasteiger partial charge in [0.2, 0.25) is 0 Å². The lowest BCUT2D eigenvalue weighted by Gasteiger charge is -2.06. The second-order valence-corrected chi connectivity index (χ2v) is 6.24. The van der Waals surface area contributed by atoms with Crippen molar-refractivity contribution >= 4 is 25.9 Å². The molecule has 1 rings (SSSR count). The number of esters is 1. The van der Waals surface area contributed by atoms with E-state index in [1.54, 1.807) is 24.3 Å². The second-order valence-electron chi connectivity index (χ2n) is 2.89. The summed E-state index contributed by atoms with van der Waals surface area (Å²) >= 11 is 0. The average molecular weight is 262 g/mol. The molecule has 1 N–H and O–H groups in total. The minimum absolute atomic E-state index is 0.0162. The fourth-order valence-electron chi connectivity index (χ4n) is 1.02. The standard InChI is InChI=1S/C9H10O5S2/c1-7(10)14-9-5-3-2-4-8(9)6-15-16(11,12)13/h2-5H,6H2,1H3,(H,11,12,13). The van der Waals surface area contributed by atoms with Crippen molar-refractivity contribution < 1.29 is 22.5 Å². The van der Waals surface area contributed by atoms with Crippen LogP contribution in [0.2, 0.25) is 0 Å². The lowest BCUT2D eigenvalue weighted by atomic mass is 10.2. The minimum atomic E-state index is -4.09. The maximum Gasteiger partial charge on any atom is 0.320 e. The van der Waals surface area contributed by atoms with Gasteiger partial charge in [-0.2, -0.15) is 8.42 Å². The topological polar surface area (TPSA) is 80.7 Å². The second kappa shape index (κ2) is 5.33. The molecule has 0 saturated heterocycles. The van der Waals surface area contributed by atoms with E-state index in [0.29, 0.717) is 22.1 Å². The normalized spacial score (nSPS) is 11.1. The van der Waals surface area contributed by atoms with Gasteiger partial charge >= 0.3 is 15.1 Å². The van der Waals surface area contributed by atoms with Gasteiger partial charge in [0, 0.05) is 29.0 Å². The fourth-order valence-corrected chi connectivity index (χ4v) is 2.36. The van der Waals surface area contributed by atoms with Crippen molar-refractivity contribution in [3.63, 3.8) is 0 Å². The lowest BCUT2D eigenvalue weighted by Crippen LogP contribution is -2.03. The minimum Gasteiger partial charge on any atom is -0.426 e. The first-order valence-electron chi connectivity index (χ1n) is 4.26. The van der Waals surface area contributed by atoms with Gasteiger partial charge in [0.25, 0.3) is 0 Å². The van der Waals surface area contributed by atoms with Gasteiger partial charge in [0.1, 0.15) is 5.75 Å². The molecule has 0 amide bonds. The molecule has 7 heteroatoms. The summed E-state index contributed by atoms with van der Waals surface area (Å²) in [5.74, 6) is -0.169. The number of carbonyl (C=O) groups excluding carboxylic acids is 1. The van der Waals surface area contributed by atoms with E-state index in [0.717, 1.165) is 0 Å². The number of hydrogen-bond acceptors (Lipinski definition) is 5. The van der Waals surface area contributed by atoms with Gasteiger partial charge in [-0.1, -0.05) is 18.2 Å². The summed E-state index contributed by atoms with van der Waals surface area (Å²) in [6.45, 7) is 1.26. The highest BCUT2D eigenvalue weighted by Gasteiger charge is 2.10. The Kier molecular flexibility index (Phi) is 4.34. The predicted molar refractivity (Wildman–Crippen MR) is 60.6 cm³/mol. The summed E-state index contributed by atoms with van der Waals surface area (Å²) in [6.07, 6.45) is 0. The van der Waals surface area contributed by atoms with E-state index in [4.69, 9.17) is 9.29 Å². The zero-order valence-electron chi connectivity index (χ0n) is 8.41. The third kappa shape index (κ3) is 4.65. The van der Waals surface area contributed by atoms with E-state index >= 15 is 0 Å². The highest BCUT2D eigenvalue weighted by atomic mass is 33.1. The van der Waals surface area contributed by atoms with Gasteiger partial charge in [-0.15, -0.1) is 0 Å². The van der Waals surface area contributed by atoms with E-state index in [1.165, 1.54) is 6.92 Å². The third-order valence-electron chi connectivity index (χ3n) is 1.59. The molecular weight excluding hydrogens is 252 g/mol. The van der Waals surface area contributed by atoms with Crippen LogP contribution in [0.15, 0.2) is 24.3 Å². The molecule has 88 valence electrons. The highest BCUT2D eigenvalue weighted by molar-refractivity contribution is 8.69. The molecule has 1 aromatic carbocycles. The van der Waals surface area contributed by atoms with Crippen molar-refractivity contribution in [3.05, 3.63) is 29.8 Å². The molecule has 0 aliphatic heterocycles. The Morgan fingerprint density at radius 2 is 2.06 bits per heavy atom. The van der Waals surface area contributed by atoms with Crippen LogP contribution in [0.1, 0.15) is 12.5 Å². The van der Waals surface area contributed by atoms with Crippen LogP contribution in [0.5, 0.6) is 5.75 Å². The Hall–Kier alpha value is -1.05. The first-order valence-corrected chi connectivity index (χ1v) is 7.21. The van der Waals surface area contributed by atoms with Crippen LogP contribution in [0, 0.1) is 0 Å². The van der Waals surface area contributed by atoms with Crippen molar-refractivity contribution in [1.82, 2.24) is 0 Å². The molecule has 16 heavy (non-hydrogen) atoms. The molecule has 0 saturated carbocycles. The first-order chi connectivity index (χ1) is 7.38. The molecular formula is C9H10O5S2. The molecule has 0 aliphatic rings. The van der Waals surface area contributed by atoms with Crippen molar-refractivity contribution in [2.45, 2.75) is 12.7 Å². The fraction of sp³-hybridized carbons (Fsp3) is 0.222. The molecule has 0 atom stereocenters. The molecule has 1 aromatic rings. The van der Waals surface area contributed by atoms with Gasteiger partial charge in [0.05, 0.1) is 0 Å². The van der Waals surface area contributed by atoms with E-state index in [9.17, 15) is 13.2 Å². The molecule has 5 nitrogen and oxygen atoms in total. The number of ether oxygens (including phenoxy) is 1. The summed E-state index contributed by atoms with van der Waals surface area (Å²) in [7, 11) is -3.73. The van der Waals surface area contributed by atoms with Gasteiger partial charge < -0.3 is 4.74 Å². The van der Waals surface area contributed by atoms with Crippen LogP contribution < -0.4 is 4.74 Å². The van der Waals surface area contributed by atoms with E-state index < -0.39 is 15.1 Å². The van der Waals surface area contributed by atoms with E-state index in [1.807, 2.05) is 0 Å². The molecule has 0 bridgehead atoms. The SMILES string of the molecule is CC(=O)Oc1ccccc1CSS(=O)(=O)O. The van der Waals surface area contributed by atoms with E-state index in [-0.39, 0.29) is 5.75 Å². The smallest absolute Gasteiger partial charge is 0.320 e. The maximum atomic E-state index is 10.8. The number of benzene rings is 1. The summed E-state index contributed by atoms with van der Waals surface area (Å²) < 4.78 is 34.6. The van der Waals surface area contributed by atoms with Crippen molar-refractivity contribution in [2.75, 3.05) is 0 Å². The van der Waals surface area contributed by atoms with Gasteiger partial charge in [-0.05, 0) is 6.07 Å². The third-order valence-corrected chi connectivity index (χ3v) is 3.56. The predicted octanol–water partition coefficient (Wildman–Crippen LogP) is 1.65. The van der Waals surface area contributed by atoms with Crippen molar-refractivity contribution in [2.24, 2.45) is 0 Å². The Labute approximate surface area is 97.0 Å². The monoisotopic (exact) mass is 262 g/mol. The van der Waals surface area contributed by atoms with Crippen molar-refractivity contribution in [3.8, 4) is 5.75 Å². The zero-order valence-corrected chi connectivity index (χ0v) is 10.0. The summed E-state index contributed by atoms with van der Waals surface area (Å²) in [6, 6.07) is 6.53. The van der Waals surface area contributed by atoms with Crippen molar-refractivity contribution in [1.29, 1.82) is 0 Å². The van der Waals surface area contributed by atoms with Crippen LogP contribution in [-0.2, 0) is 19.7 Å². The van der Waals surface area contributed by atoms with Crippen LogP contribution in [0.4, 0.5) is 0 Å². The molecule has 0 aromatic heterocycles. The quantitative estimate of drug-likeness (QED) is 0.384. The lowest BCUT2D eigenvalue weighted by molar-refractivity contribution is -0.131. The Balaban J connectivity index is 2.83. The van der Waals surface area contributed by atoms with Gasteiger partial charge in [-0.3, -0.25) is 9.35 Å². The molecule has 0 spiro atoms. The number of rotatable bonds is 4. The van der Waals surface area contributed by atoms with Crippen LogP contribution >= 0.6 is 10.8 Å².